The Balaban J connectivity index is 3.19. The van der Waals surface area contributed by atoms with Gasteiger partial charge in [0.05, 0.1) is 13.7 Å². The Hall–Kier alpha value is -1.79. The summed E-state index contributed by atoms with van der Waals surface area (Å²) in [6.07, 6.45) is -4.64. The Bertz CT molecular complexity index is 418. The second-order valence-electron chi connectivity index (χ2n) is 3.00. The molecular weight excluding hydrogens is 239 g/mol. The number of methoxy groups -OCH3 is 1. The number of rotatable bonds is 3. The maximum Gasteiger partial charge on any atom is 0.433 e. The predicted molar refractivity (Wildman–Crippen MR) is 51.7 cm³/mol. The zero-order valence-corrected chi connectivity index (χ0v) is 9.17. The number of aromatic nitrogens is 1. The summed E-state index contributed by atoms with van der Waals surface area (Å²) in [6, 6.07) is 1.80. The van der Waals surface area contributed by atoms with E-state index in [1.54, 1.807) is 6.92 Å². The number of halogens is 3. The summed E-state index contributed by atoms with van der Waals surface area (Å²) in [5.74, 6) is -1.02. The van der Waals surface area contributed by atoms with Gasteiger partial charge in [0.1, 0.15) is 11.4 Å². The molecule has 17 heavy (non-hydrogen) atoms. The fourth-order valence-electron chi connectivity index (χ4n) is 1.08. The van der Waals surface area contributed by atoms with Crippen molar-refractivity contribution in [1.29, 1.82) is 0 Å². The average Bonchev–Trinajstić information content (AvgIpc) is 2.27. The van der Waals surface area contributed by atoms with Crippen molar-refractivity contribution in [3.8, 4) is 5.75 Å². The van der Waals surface area contributed by atoms with Gasteiger partial charge in [-0.2, -0.15) is 13.2 Å². The summed E-state index contributed by atoms with van der Waals surface area (Å²) in [7, 11) is 1.20. The van der Waals surface area contributed by atoms with Crippen LogP contribution < -0.4 is 4.74 Å². The second kappa shape index (κ2) is 5.03. The molecule has 0 aromatic carbocycles. The SMILES string of the molecule is CCOC(=O)c1cc(OC)cc(C(F)(F)F)n1. The van der Waals surface area contributed by atoms with Crippen molar-refractivity contribution in [2.24, 2.45) is 0 Å². The molecule has 0 aliphatic rings. The molecule has 0 bridgehead atoms. The molecule has 1 rings (SSSR count). The van der Waals surface area contributed by atoms with E-state index in [1.165, 1.54) is 7.11 Å². The first-order chi connectivity index (χ1) is 7.88. The first kappa shape index (κ1) is 13.3. The van der Waals surface area contributed by atoms with E-state index in [1.807, 2.05) is 0 Å². The molecule has 0 saturated carbocycles. The highest BCUT2D eigenvalue weighted by Gasteiger charge is 2.34. The van der Waals surface area contributed by atoms with Crippen molar-refractivity contribution >= 4 is 5.97 Å². The number of hydrogen-bond acceptors (Lipinski definition) is 4. The van der Waals surface area contributed by atoms with E-state index in [2.05, 4.69) is 14.5 Å². The lowest BCUT2D eigenvalue weighted by Crippen LogP contribution is -2.14. The van der Waals surface area contributed by atoms with Crippen LogP contribution in [-0.2, 0) is 10.9 Å². The molecule has 1 aromatic rings. The van der Waals surface area contributed by atoms with E-state index in [9.17, 15) is 18.0 Å². The number of pyridine rings is 1. The van der Waals surface area contributed by atoms with Crippen LogP contribution in [0, 0.1) is 0 Å². The van der Waals surface area contributed by atoms with Gasteiger partial charge in [-0.15, -0.1) is 0 Å². The van der Waals surface area contributed by atoms with Gasteiger partial charge in [-0.05, 0) is 6.92 Å². The van der Waals surface area contributed by atoms with Gasteiger partial charge in [-0.3, -0.25) is 0 Å². The Labute approximate surface area is 95.4 Å². The maximum atomic E-state index is 12.5. The Kier molecular flexibility index (Phi) is 3.93. The van der Waals surface area contributed by atoms with E-state index in [4.69, 9.17) is 0 Å². The van der Waals surface area contributed by atoms with Crippen LogP contribution in [0.3, 0.4) is 0 Å². The highest BCUT2D eigenvalue weighted by molar-refractivity contribution is 5.87. The van der Waals surface area contributed by atoms with Crippen molar-refractivity contribution in [1.82, 2.24) is 4.98 Å². The molecule has 1 heterocycles. The van der Waals surface area contributed by atoms with Gasteiger partial charge in [0.25, 0.3) is 0 Å². The smallest absolute Gasteiger partial charge is 0.433 e. The highest BCUT2D eigenvalue weighted by Crippen LogP contribution is 2.30. The van der Waals surface area contributed by atoms with Crippen LogP contribution >= 0.6 is 0 Å². The fraction of sp³-hybridized carbons (Fsp3) is 0.400. The summed E-state index contributed by atoms with van der Waals surface area (Å²) in [5, 5.41) is 0. The van der Waals surface area contributed by atoms with Gasteiger partial charge < -0.3 is 9.47 Å². The molecule has 0 spiro atoms. The molecule has 1 aromatic heterocycles. The maximum absolute atomic E-state index is 12.5. The zero-order chi connectivity index (χ0) is 13.1. The van der Waals surface area contributed by atoms with Gasteiger partial charge in [-0.1, -0.05) is 0 Å². The lowest BCUT2D eigenvalue weighted by atomic mass is 10.2. The summed E-state index contributed by atoms with van der Waals surface area (Å²) in [5.41, 5.74) is -1.63. The van der Waals surface area contributed by atoms with Crippen molar-refractivity contribution in [2.45, 2.75) is 13.1 Å². The minimum Gasteiger partial charge on any atom is -0.497 e. The third-order valence-corrected chi connectivity index (χ3v) is 1.81. The van der Waals surface area contributed by atoms with Crippen molar-refractivity contribution < 1.29 is 27.4 Å². The number of alkyl halides is 3. The monoisotopic (exact) mass is 249 g/mol. The predicted octanol–water partition coefficient (Wildman–Crippen LogP) is 2.29. The van der Waals surface area contributed by atoms with Crippen LogP contribution in [0.25, 0.3) is 0 Å². The lowest BCUT2D eigenvalue weighted by Gasteiger charge is -2.09. The normalized spacial score (nSPS) is 11.1. The molecule has 0 amide bonds. The molecule has 0 N–H and O–H groups in total. The van der Waals surface area contributed by atoms with Gasteiger partial charge in [0, 0.05) is 12.1 Å². The number of carbonyl (C=O) groups excluding carboxylic acids is 1. The quantitative estimate of drug-likeness (QED) is 0.771. The third-order valence-electron chi connectivity index (χ3n) is 1.81. The zero-order valence-electron chi connectivity index (χ0n) is 9.17. The average molecular weight is 249 g/mol. The topological polar surface area (TPSA) is 48.4 Å². The van der Waals surface area contributed by atoms with Crippen LogP contribution in [0.5, 0.6) is 5.75 Å². The standard InChI is InChI=1S/C10H10F3NO3/c1-3-17-9(15)7-4-6(16-2)5-8(14-7)10(11,12)13/h4-5H,3H2,1-2H3. The summed E-state index contributed by atoms with van der Waals surface area (Å²) in [6.45, 7) is 1.60. The molecule has 0 saturated heterocycles. The lowest BCUT2D eigenvalue weighted by molar-refractivity contribution is -0.141. The molecule has 0 unspecified atom stereocenters. The number of nitrogens with zero attached hydrogens (tertiary/aromatic N) is 1. The van der Waals surface area contributed by atoms with Crippen LogP contribution in [-0.4, -0.2) is 24.7 Å². The van der Waals surface area contributed by atoms with Crippen molar-refractivity contribution in [3.63, 3.8) is 0 Å². The molecular formula is C10H10F3NO3. The minimum absolute atomic E-state index is 0.0546. The van der Waals surface area contributed by atoms with Crippen molar-refractivity contribution in [2.75, 3.05) is 13.7 Å². The number of hydrogen-bond donors (Lipinski definition) is 0. The Morgan fingerprint density at radius 1 is 1.41 bits per heavy atom. The molecule has 0 atom stereocenters. The number of carbonyl (C=O) groups is 1. The second-order valence-corrected chi connectivity index (χ2v) is 3.00. The van der Waals surface area contributed by atoms with E-state index >= 15 is 0 Å². The van der Waals surface area contributed by atoms with Crippen LogP contribution in [0.15, 0.2) is 12.1 Å². The molecule has 7 heteroatoms. The minimum atomic E-state index is -4.64. The van der Waals surface area contributed by atoms with Gasteiger partial charge in [0.15, 0.2) is 5.69 Å². The number of esters is 1. The first-order valence-electron chi connectivity index (χ1n) is 4.69. The fourth-order valence-corrected chi connectivity index (χ4v) is 1.08. The van der Waals surface area contributed by atoms with Gasteiger partial charge >= 0.3 is 12.1 Å². The van der Waals surface area contributed by atoms with E-state index in [0.717, 1.165) is 6.07 Å². The molecule has 0 aliphatic carbocycles. The van der Waals surface area contributed by atoms with Gasteiger partial charge in [-0.25, -0.2) is 9.78 Å². The Morgan fingerprint density at radius 3 is 2.53 bits per heavy atom. The molecule has 94 valence electrons. The van der Waals surface area contributed by atoms with Gasteiger partial charge in [0.2, 0.25) is 0 Å². The molecule has 4 nitrogen and oxygen atoms in total. The number of ether oxygens (including phenoxy) is 2. The highest BCUT2D eigenvalue weighted by atomic mass is 19.4. The Morgan fingerprint density at radius 2 is 2.06 bits per heavy atom. The summed E-state index contributed by atoms with van der Waals surface area (Å²) in [4.78, 5) is 14.5. The summed E-state index contributed by atoms with van der Waals surface area (Å²) >= 11 is 0. The largest absolute Gasteiger partial charge is 0.497 e. The van der Waals surface area contributed by atoms with Crippen LogP contribution in [0.1, 0.15) is 23.1 Å². The van der Waals surface area contributed by atoms with Crippen molar-refractivity contribution in [3.05, 3.63) is 23.5 Å². The summed E-state index contributed by atoms with van der Waals surface area (Å²) < 4.78 is 46.6. The third kappa shape index (κ3) is 3.33. The van der Waals surface area contributed by atoms with E-state index < -0.39 is 23.5 Å². The van der Waals surface area contributed by atoms with Crippen LogP contribution in [0.2, 0.25) is 0 Å². The molecule has 0 aliphatic heterocycles. The molecule has 0 fully saturated rings. The first-order valence-corrected chi connectivity index (χ1v) is 4.69. The van der Waals surface area contributed by atoms with E-state index in [-0.39, 0.29) is 12.4 Å². The van der Waals surface area contributed by atoms with Crippen LogP contribution in [0.4, 0.5) is 13.2 Å². The van der Waals surface area contributed by atoms with E-state index in [0.29, 0.717) is 6.07 Å². The molecule has 0 radical (unpaired) electrons.